The van der Waals surface area contributed by atoms with E-state index in [-0.39, 0.29) is 17.5 Å². The van der Waals surface area contributed by atoms with Gasteiger partial charge in [0.15, 0.2) is 9.84 Å². The number of aryl methyl sites for hydroxylation is 1. The lowest BCUT2D eigenvalue weighted by molar-refractivity contribution is 0.602. The van der Waals surface area contributed by atoms with Crippen LogP contribution in [0.2, 0.25) is 0 Å². The molecule has 1 N–H and O–H groups in total. The fourth-order valence-electron chi connectivity index (χ4n) is 2.75. The summed E-state index contributed by atoms with van der Waals surface area (Å²) in [4.78, 5) is 11.3. The first-order valence-electron chi connectivity index (χ1n) is 8.01. The lowest BCUT2D eigenvalue weighted by Gasteiger charge is -2.23. The van der Waals surface area contributed by atoms with Crippen LogP contribution in [0.3, 0.4) is 0 Å². The molecule has 1 atom stereocenters. The molecule has 0 spiro atoms. The van der Waals surface area contributed by atoms with Crippen molar-refractivity contribution in [1.29, 1.82) is 0 Å². The molecule has 1 aromatic heterocycles. The molecule has 1 saturated heterocycles. The van der Waals surface area contributed by atoms with Crippen LogP contribution >= 0.6 is 0 Å². The maximum absolute atomic E-state index is 11.6. The average molecular weight is 326 g/mol. The summed E-state index contributed by atoms with van der Waals surface area (Å²) < 4.78 is 23.1. The van der Waals surface area contributed by atoms with Crippen molar-refractivity contribution >= 4 is 21.6 Å². The first kappa shape index (κ1) is 17.0. The molecule has 1 unspecified atom stereocenters. The summed E-state index contributed by atoms with van der Waals surface area (Å²) in [6.07, 6.45) is 2.75. The highest BCUT2D eigenvalue weighted by atomic mass is 32.2. The van der Waals surface area contributed by atoms with Crippen LogP contribution in [0.1, 0.15) is 38.8 Å². The molecule has 0 aromatic carbocycles. The zero-order chi connectivity index (χ0) is 16.2. The van der Waals surface area contributed by atoms with Crippen molar-refractivity contribution in [3.63, 3.8) is 0 Å². The maximum atomic E-state index is 11.6. The Kier molecular flexibility index (Phi) is 5.61. The van der Waals surface area contributed by atoms with Gasteiger partial charge in [0.1, 0.15) is 5.82 Å². The van der Waals surface area contributed by atoms with Gasteiger partial charge in [-0.05, 0) is 26.2 Å². The second-order valence-corrected chi connectivity index (χ2v) is 8.15. The van der Waals surface area contributed by atoms with Crippen LogP contribution in [-0.4, -0.2) is 49.0 Å². The van der Waals surface area contributed by atoms with E-state index in [0.29, 0.717) is 12.4 Å². The van der Waals surface area contributed by atoms with Gasteiger partial charge in [0.2, 0.25) is 5.95 Å². The summed E-state index contributed by atoms with van der Waals surface area (Å²) in [5.41, 5.74) is 0.894. The summed E-state index contributed by atoms with van der Waals surface area (Å²) in [6, 6.07) is 1.91. The predicted octanol–water partition coefficient (Wildman–Crippen LogP) is 2.01. The fourth-order valence-corrected chi connectivity index (χ4v) is 4.42. The van der Waals surface area contributed by atoms with Crippen molar-refractivity contribution in [3.8, 4) is 0 Å². The van der Waals surface area contributed by atoms with Gasteiger partial charge >= 0.3 is 0 Å². The topological polar surface area (TPSA) is 75.2 Å². The lowest BCUT2D eigenvalue weighted by atomic mass is 10.3. The van der Waals surface area contributed by atoms with E-state index in [9.17, 15) is 8.42 Å². The number of aromatic nitrogens is 2. The molecular weight excluding hydrogens is 300 g/mol. The Morgan fingerprint density at radius 2 is 1.95 bits per heavy atom. The van der Waals surface area contributed by atoms with Gasteiger partial charge in [-0.1, -0.05) is 13.8 Å². The Bertz CT molecular complexity index is 598. The Balaban J connectivity index is 2.15. The third kappa shape index (κ3) is 4.56. The van der Waals surface area contributed by atoms with Gasteiger partial charge in [0.25, 0.3) is 0 Å². The molecule has 0 aliphatic carbocycles. The number of hydrogen-bond acceptors (Lipinski definition) is 6. The molecule has 0 radical (unpaired) electrons. The molecule has 1 aliphatic rings. The number of sulfone groups is 1. The summed E-state index contributed by atoms with van der Waals surface area (Å²) >= 11 is 0. The van der Waals surface area contributed by atoms with Crippen molar-refractivity contribution in [2.24, 2.45) is 0 Å². The van der Waals surface area contributed by atoms with Crippen LogP contribution in [-0.2, 0) is 9.84 Å². The van der Waals surface area contributed by atoms with Crippen LogP contribution in [0.4, 0.5) is 11.8 Å². The molecular formula is C15H26N4O2S. The van der Waals surface area contributed by atoms with Crippen LogP contribution in [0, 0.1) is 6.92 Å². The Morgan fingerprint density at radius 3 is 2.50 bits per heavy atom. The van der Waals surface area contributed by atoms with E-state index >= 15 is 0 Å². The molecule has 1 aliphatic heterocycles. The van der Waals surface area contributed by atoms with Crippen LogP contribution < -0.4 is 10.2 Å². The zero-order valence-corrected chi connectivity index (χ0v) is 14.5. The minimum absolute atomic E-state index is 0.0783. The van der Waals surface area contributed by atoms with Crippen molar-refractivity contribution in [2.45, 2.75) is 46.1 Å². The highest BCUT2D eigenvalue weighted by Gasteiger charge is 2.28. The molecule has 22 heavy (non-hydrogen) atoms. The van der Waals surface area contributed by atoms with Crippen molar-refractivity contribution in [2.75, 3.05) is 34.8 Å². The first-order valence-corrected chi connectivity index (χ1v) is 9.83. The fraction of sp³-hybridized carbons (Fsp3) is 0.733. The van der Waals surface area contributed by atoms with Gasteiger partial charge in [-0.2, -0.15) is 4.98 Å². The van der Waals surface area contributed by atoms with Crippen LogP contribution in [0.5, 0.6) is 0 Å². The standard InChI is InChI=1S/C15H26N4O2S/c1-4-7-19(8-5-2)14-10-12(3)16-15(18-14)17-13-6-9-22(20,21)11-13/h10,13H,4-9,11H2,1-3H3,(H,16,17,18). The molecule has 1 aromatic rings. The largest absolute Gasteiger partial charge is 0.356 e. The van der Waals surface area contributed by atoms with Gasteiger partial charge in [-0.25, -0.2) is 13.4 Å². The third-order valence-corrected chi connectivity index (χ3v) is 5.49. The molecule has 0 bridgehead atoms. The molecule has 1 fully saturated rings. The summed E-state index contributed by atoms with van der Waals surface area (Å²) in [5.74, 6) is 1.88. The first-order chi connectivity index (χ1) is 10.4. The van der Waals surface area contributed by atoms with Gasteiger partial charge in [-0.15, -0.1) is 0 Å². The SMILES string of the molecule is CCCN(CCC)c1cc(C)nc(NC2CCS(=O)(=O)C2)n1. The Morgan fingerprint density at radius 1 is 1.27 bits per heavy atom. The van der Waals surface area contributed by atoms with Gasteiger partial charge in [0.05, 0.1) is 11.5 Å². The van der Waals surface area contributed by atoms with E-state index < -0.39 is 9.84 Å². The quantitative estimate of drug-likeness (QED) is 0.826. The smallest absolute Gasteiger partial charge is 0.225 e. The molecule has 124 valence electrons. The average Bonchev–Trinajstić information content (AvgIpc) is 2.77. The molecule has 0 amide bonds. The maximum Gasteiger partial charge on any atom is 0.225 e. The molecule has 6 nitrogen and oxygen atoms in total. The lowest BCUT2D eigenvalue weighted by Crippen LogP contribution is -2.27. The van der Waals surface area contributed by atoms with Crippen molar-refractivity contribution < 1.29 is 8.42 Å². The number of hydrogen-bond donors (Lipinski definition) is 1. The van der Waals surface area contributed by atoms with E-state index in [0.717, 1.165) is 37.4 Å². The molecule has 0 saturated carbocycles. The molecule has 7 heteroatoms. The minimum atomic E-state index is -2.90. The second-order valence-electron chi connectivity index (χ2n) is 5.92. The molecule has 2 rings (SSSR count). The van der Waals surface area contributed by atoms with E-state index in [1.54, 1.807) is 0 Å². The van der Waals surface area contributed by atoms with E-state index in [1.165, 1.54) is 0 Å². The minimum Gasteiger partial charge on any atom is -0.356 e. The number of anilines is 2. The highest BCUT2D eigenvalue weighted by molar-refractivity contribution is 7.91. The molecule has 2 heterocycles. The van der Waals surface area contributed by atoms with E-state index in [2.05, 4.69) is 34.0 Å². The van der Waals surface area contributed by atoms with Crippen molar-refractivity contribution in [3.05, 3.63) is 11.8 Å². The predicted molar refractivity (Wildman–Crippen MR) is 90.2 cm³/mol. The third-order valence-electron chi connectivity index (χ3n) is 3.72. The van der Waals surface area contributed by atoms with E-state index in [1.807, 2.05) is 13.0 Å². The Hall–Kier alpha value is -1.37. The van der Waals surface area contributed by atoms with Crippen LogP contribution in [0.25, 0.3) is 0 Å². The summed E-state index contributed by atoms with van der Waals surface area (Å²) in [7, 11) is -2.90. The second kappa shape index (κ2) is 7.26. The number of nitrogens with zero attached hydrogens (tertiary/aromatic N) is 3. The monoisotopic (exact) mass is 326 g/mol. The van der Waals surface area contributed by atoms with Gasteiger partial charge in [-0.3, -0.25) is 0 Å². The summed E-state index contributed by atoms with van der Waals surface area (Å²) in [5, 5.41) is 3.19. The summed E-state index contributed by atoms with van der Waals surface area (Å²) in [6.45, 7) is 8.17. The van der Waals surface area contributed by atoms with Gasteiger partial charge in [0, 0.05) is 30.9 Å². The number of nitrogens with one attached hydrogen (secondary N) is 1. The normalized spacial score (nSPS) is 20.0. The van der Waals surface area contributed by atoms with Gasteiger partial charge < -0.3 is 10.2 Å². The van der Waals surface area contributed by atoms with E-state index in [4.69, 9.17) is 0 Å². The van der Waals surface area contributed by atoms with Crippen molar-refractivity contribution in [1.82, 2.24) is 9.97 Å². The Labute approximate surface area is 133 Å². The zero-order valence-electron chi connectivity index (χ0n) is 13.7. The highest BCUT2D eigenvalue weighted by Crippen LogP contribution is 2.19. The number of rotatable bonds is 7. The van der Waals surface area contributed by atoms with Crippen LogP contribution in [0.15, 0.2) is 6.07 Å².